The molecule has 2 N–H and O–H groups in total. The molecule has 0 spiro atoms. The Morgan fingerprint density at radius 2 is 2.00 bits per heavy atom. The van der Waals surface area contributed by atoms with Crippen molar-refractivity contribution in [1.82, 2.24) is 14.9 Å². The summed E-state index contributed by atoms with van der Waals surface area (Å²) >= 11 is 6.13. The Labute approximate surface area is 179 Å². The Bertz CT molecular complexity index is 809. The molecule has 9 heteroatoms. The number of benzene rings is 1. The van der Waals surface area contributed by atoms with Crippen LogP contribution in [0.1, 0.15) is 26.2 Å². The van der Waals surface area contributed by atoms with Gasteiger partial charge in [0.1, 0.15) is 0 Å². The minimum Gasteiger partial charge on any atom is -0.369 e. The van der Waals surface area contributed by atoms with E-state index < -0.39 is 10.0 Å². The lowest BCUT2D eigenvalue weighted by atomic mass is 9.98. The number of nitrogens with one attached hydrogen (secondary N) is 2. The van der Waals surface area contributed by atoms with Gasteiger partial charge in [-0.2, -0.15) is 0 Å². The van der Waals surface area contributed by atoms with Gasteiger partial charge in [-0.05, 0) is 50.3 Å². The van der Waals surface area contributed by atoms with Crippen molar-refractivity contribution in [1.29, 1.82) is 0 Å². The maximum Gasteiger partial charge on any atom is 0.211 e. The number of hydrogen-bond donors (Lipinski definition) is 2. The molecule has 0 amide bonds. The van der Waals surface area contributed by atoms with E-state index in [0.29, 0.717) is 25.0 Å². The predicted molar refractivity (Wildman–Crippen MR) is 120 cm³/mol. The number of aliphatic imine (C=N–C) groups is 1. The average molecular weight is 442 g/mol. The lowest BCUT2D eigenvalue weighted by Crippen LogP contribution is -2.45. The summed E-state index contributed by atoms with van der Waals surface area (Å²) in [5.41, 5.74) is 1.15. The van der Waals surface area contributed by atoms with Gasteiger partial charge in [0.2, 0.25) is 10.0 Å². The predicted octanol–water partition coefficient (Wildman–Crippen LogP) is 2.15. The number of nitrogens with zero attached hydrogens (tertiary/aromatic N) is 3. The van der Waals surface area contributed by atoms with Crippen LogP contribution < -0.4 is 15.5 Å². The van der Waals surface area contributed by atoms with E-state index in [1.165, 1.54) is 6.26 Å². The molecule has 0 bridgehead atoms. The molecule has 2 aliphatic rings. The molecule has 2 saturated heterocycles. The van der Waals surface area contributed by atoms with Crippen LogP contribution in [0.4, 0.5) is 5.69 Å². The summed E-state index contributed by atoms with van der Waals surface area (Å²) in [6, 6.07) is 8.31. The first-order valence-electron chi connectivity index (χ1n) is 10.4. The third kappa shape index (κ3) is 6.49. The van der Waals surface area contributed by atoms with Crippen LogP contribution in [0.25, 0.3) is 0 Å². The number of sulfonamides is 1. The maximum atomic E-state index is 11.7. The summed E-state index contributed by atoms with van der Waals surface area (Å²) in [5.74, 6) is 1.27. The lowest BCUT2D eigenvalue weighted by molar-refractivity contribution is 0.280. The molecule has 0 saturated carbocycles. The fourth-order valence-corrected chi connectivity index (χ4v) is 5.00. The molecule has 0 radical (unpaired) electrons. The molecule has 2 fully saturated rings. The molecule has 1 aromatic rings. The molecule has 1 unspecified atom stereocenters. The number of hydrogen-bond acceptors (Lipinski definition) is 4. The molecular weight excluding hydrogens is 410 g/mol. The van der Waals surface area contributed by atoms with Gasteiger partial charge in [-0.1, -0.05) is 17.7 Å². The van der Waals surface area contributed by atoms with Crippen LogP contribution in [0.5, 0.6) is 0 Å². The standard InChI is InChI=1S/C20H32ClN5O2S/c1-3-22-20(23-14-16-7-11-26(12-8-16)29(2,27)28)24-18-9-10-25(15-18)19-6-4-5-17(21)13-19/h4-6,13,16,18H,3,7-12,14-15H2,1-2H3,(H2,22,23,24). The van der Waals surface area contributed by atoms with Crippen LogP contribution in [0.15, 0.2) is 29.3 Å². The van der Waals surface area contributed by atoms with Crippen LogP contribution in [0.3, 0.4) is 0 Å². The van der Waals surface area contributed by atoms with Gasteiger partial charge in [-0.15, -0.1) is 0 Å². The molecule has 7 nitrogen and oxygen atoms in total. The number of piperidine rings is 1. The highest BCUT2D eigenvalue weighted by molar-refractivity contribution is 7.88. The summed E-state index contributed by atoms with van der Waals surface area (Å²) in [7, 11) is -3.08. The van der Waals surface area contributed by atoms with Gasteiger partial charge < -0.3 is 15.5 Å². The average Bonchev–Trinajstić information content (AvgIpc) is 3.14. The van der Waals surface area contributed by atoms with Crippen molar-refractivity contribution in [3.63, 3.8) is 0 Å². The summed E-state index contributed by atoms with van der Waals surface area (Å²) in [6.07, 6.45) is 4.06. The van der Waals surface area contributed by atoms with Crippen molar-refractivity contribution < 1.29 is 8.42 Å². The zero-order valence-corrected chi connectivity index (χ0v) is 18.8. The fourth-order valence-electron chi connectivity index (χ4n) is 3.94. The summed E-state index contributed by atoms with van der Waals surface area (Å²) in [4.78, 5) is 7.13. The van der Waals surface area contributed by atoms with E-state index in [-0.39, 0.29) is 0 Å². The molecule has 1 aromatic carbocycles. The topological polar surface area (TPSA) is 77.0 Å². The zero-order valence-electron chi connectivity index (χ0n) is 17.3. The van der Waals surface area contributed by atoms with E-state index in [1.54, 1.807) is 4.31 Å². The lowest BCUT2D eigenvalue weighted by Gasteiger charge is -2.29. The minimum atomic E-state index is -3.08. The second-order valence-electron chi connectivity index (χ2n) is 7.88. The quantitative estimate of drug-likeness (QED) is 0.522. The highest BCUT2D eigenvalue weighted by Gasteiger charge is 2.26. The SMILES string of the molecule is CCNC(=NCC1CCN(S(C)(=O)=O)CC1)NC1CCN(c2cccc(Cl)c2)C1. The fraction of sp³-hybridized carbons (Fsp3) is 0.650. The Hall–Kier alpha value is -1.51. The third-order valence-electron chi connectivity index (χ3n) is 5.60. The van der Waals surface area contributed by atoms with Gasteiger partial charge >= 0.3 is 0 Å². The molecule has 2 heterocycles. The molecule has 2 aliphatic heterocycles. The first-order chi connectivity index (χ1) is 13.8. The van der Waals surface area contributed by atoms with Crippen molar-refractivity contribution in [3.05, 3.63) is 29.3 Å². The van der Waals surface area contributed by atoms with E-state index >= 15 is 0 Å². The van der Waals surface area contributed by atoms with Crippen LogP contribution in [0.2, 0.25) is 5.02 Å². The van der Waals surface area contributed by atoms with Crippen LogP contribution in [-0.4, -0.2) is 70.2 Å². The maximum absolute atomic E-state index is 11.7. The Morgan fingerprint density at radius 1 is 1.24 bits per heavy atom. The minimum absolute atomic E-state index is 0.332. The van der Waals surface area contributed by atoms with E-state index in [2.05, 4.69) is 28.5 Å². The van der Waals surface area contributed by atoms with Gasteiger partial charge in [-0.25, -0.2) is 12.7 Å². The van der Waals surface area contributed by atoms with Gasteiger partial charge in [-0.3, -0.25) is 4.99 Å². The van der Waals surface area contributed by atoms with Crippen LogP contribution >= 0.6 is 11.6 Å². The summed E-state index contributed by atoms with van der Waals surface area (Å²) in [5, 5.41) is 7.66. The zero-order chi connectivity index (χ0) is 20.9. The van der Waals surface area contributed by atoms with Crippen molar-refractivity contribution in [3.8, 4) is 0 Å². The monoisotopic (exact) mass is 441 g/mol. The molecule has 1 atom stereocenters. The van der Waals surface area contributed by atoms with Gasteiger partial charge in [0.05, 0.1) is 6.26 Å². The molecular formula is C20H32ClN5O2S. The summed E-state index contributed by atoms with van der Waals surface area (Å²) in [6.45, 7) is 6.69. The normalized spacial score (nSPS) is 22.1. The van der Waals surface area contributed by atoms with E-state index in [1.807, 2.05) is 18.2 Å². The molecule has 3 rings (SSSR count). The van der Waals surface area contributed by atoms with E-state index in [9.17, 15) is 8.42 Å². The molecule has 0 aliphatic carbocycles. The van der Waals surface area contributed by atoms with Gasteiger partial charge in [0.15, 0.2) is 5.96 Å². The van der Waals surface area contributed by atoms with Crippen LogP contribution in [0, 0.1) is 5.92 Å². The van der Waals surface area contributed by atoms with E-state index in [4.69, 9.17) is 16.6 Å². The molecule has 29 heavy (non-hydrogen) atoms. The largest absolute Gasteiger partial charge is 0.369 e. The van der Waals surface area contributed by atoms with E-state index in [0.717, 1.165) is 62.1 Å². The highest BCUT2D eigenvalue weighted by atomic mass is 35.5. The molecule has 162 valence electrons. The third-order valence-corrected chi connectivity index (χ3v) is 7.14. The van der Waals surface area contributed by atoms with Crippen molar-refractivity contribution in [2.75, 3.05) is 50.4 Å². The van der Waals surface area contributed by atoms with Gasteiger partial charge in [0.25, 0.3) is 0 Å². The first-order valence-corrected chi connectivity index (χ1v) is 12.6. The Morgan fingerprint density at radius 3 is 2.66 bits per heavy atom. The Balaban J connectivity index is 1.51. The van der Waals surface area contributed by atoms with Gasteiger partial charge in [0, 0.05) is 56.0 Å². The van der Waals surface area contributed by atoms with Crippen molar-refractivity contribution in [2.45, 2.75) is 32.2 Å². The molecule has 0 aromatic heterocycles. The van der Waals surface area contributed by atoms with Crippen molar-refractivity contribution >= 4 is 33.3 Å². The number of halogens is 1. The smallest absolute Gasteiger partial charge is 0.211 e. The Kier molecular flexibility index (Phi) is 7.65. The number of rotatable bonds is 6. The van der Waals surface area contributed by atoms with Crippen LogP contribution in [-0.2, 0) is 10.0 Å². The number of guanidine groups is 1. The summed E-state index contributed by atoms with van der Waals surface area (Å²) < 4.78 is 24.9. The second-order valence-corrected chi connectivity index (χ2v) is 10.3. The number of anilines is 1. The highest BCUT2D eigenvalue weighted by Crippen LogP contribution is 2.23. The first kappa shape index (κ1) is 22.2. The second kappa shape index (κ2) is 10.00. The van der Waals surface area contributed by atoms with Crippen molar-refractivity contribution in [2.24, 2.45) is 10.9 Å².